The fourth-order valence-corrected chi connectivity index (χ4v) is 1.70. The van der Waals surface area contributed by atoms with Crippen molar-refractivity contribution in [2.24, 2.45) is 0 Å². The molecular formula is C8H9NO3S. The molecule has 0 aromatic carbocycles. The number of carboxylic acid groups (broad SMARTS) is 1. The summed E-state index contributed by atoms with van der Waals surface area (Å²) in [5.74, 6) is -0.941. The van der Waals surface area contributed by atoms with Gasteiger partial charge in [-0.2, -0.15) is 0 Å². The lowest BCUT2D eigenvalue weighted by Gasteiger charge is -1.94. The molecular weight excluding hydrogens is 190 g/mol. The number of carbonyl (C=O) groups is 2. The van der Waals surface area contributed by atoms with E-state index in [-0.39, 0.29) is 16.5 Å². The molecule has 0 spiro atoms. The van der Waals surface area contributed by atoms with Crippen LogP contribution >= 0.6 is 11.3 Å². The molecule has 1 rings (SSSR count). The Morgan fingerprint density at radius 1 is 1.62 bits per heavy atom. The molecule has 1 heterocycles. The molecule has 0 saturated heterocycles. The molecule has 0 aliphatic heterocycles. The van der Waals surface area contributed by atoms with Gasteiger partial charge in [0.2, 0.25) is 0 Å². The second-order valence-corrected chi connectivity index (χ2v) is 3.87. The van der Waals surface area contributed by atoms with Crippen LogP contribution in [0.1, 0.15) is 44.9 Å². The predicted octanol–water partition coefficient (Wildman–Crippen LogP) is 1.78. The fraction of sp³-hybridized carbons (Fsp3) is 0.375. The summed E-state index contributed by atoms with van der Waals surface area (Å²) < 4.78 is 0. The van der Waals surface area contributed by atoms with Gasteiger partial charge in [-0.3, -0.25) is 4.79 Å². The summed E-state index contributed by atoms with van der Waals surface area (Å²) in [6, 6.07) is 0. The van der Waals surface area contributed by atoms with Crippen LogP contribution in [0.4, 0.5) is 0 Å². The van der Waals surface area contributed by atoms with Crippen molar-refractivity contribution in [2.75, 3.05) is 0 Å². The molecule has 1 N–H and O–H groups in total. The third-order valence-corrected chi connectivity index (χ3v) is 2.83. The van der Waals surface area contributed by atoms with Gasteiger partial charge in [0.25, 0.3) is 0 Å². The molecule has 0 amide bonds. The van der Waals surface area contributed by atoms with Gasteiger partial charge in [0.15, 0.2) is 6.29 Å². The van der Waals surface area contributed by atoms with Gasteiger partial charge < -0.3 is 5.11 Å². The third kappa shape index (κ3) is 1.92. The Kier molecular flexibility index (Phi) is 2.77. The van der Waals surface area contributed by atoms with Gasteiger partial charge in [-0.25, -0.2) is 9.78 Å². The van der Waals surface area contributed by atoms with Crippen molar-refractivity contribution in [2.45, 2.75) is 19.8 Å². The summed E-state index contributed by atoms with van der Waals surface area (Å²) in [6.07, 6.45) is 0.478. The monoisotopic (exact) mass is 199 g/mol. The van der Waals surface area contributed by atoms with Gasteiger partial charge in [0.1, 0.15) is 10.6 Å². The van der Waals surface area contributed by atoms with E-state index in [0.717, 1.165) is 11.3 Å². The van der Waals surface area contributed by atoms with E-state index in [9.17, 15) is 9.59 Å². The van der Waals surface area contributed by atoms with Crippen LogP contribution in [0.5, 0.6) is 0 Å². The molecule has 13 heavy (non-hydrogen) atoms. The number of aldehydes is 1. The van der Waals surface area contributed by atoms with E-state index in [1.807, 2.05) is 13.8 Å². The zero-order valence-corrected chi connectivity index (χ0v) is 8.09. The van der Waals surface area contributed by atoms with Gasteiger partial charge in [-0.15, -0.1) is 11.3 Å². The molecule has 0 aliphatic carbocycles. The van der Waals surface area contributed by atoms with Crippen molar-refractivity contribution >= 4 is 23.6 Å². The molecule has 0 unspecified atom stereocenters. The molecule has 4 nitrogen and oxygen atoms in total. The van der Waals surface area contributed by atoms with E-state index in [2.05, 4.69) is 4.98 Å². The lowest BCUT2D eigenvalue weighted by molar-refractivity contribution is 0.0699. The minimum absolute atomic E-state index is 0.0266. The first kappa shape index (κ1) is 9.85. The normalized spacial score (nSPS) is 10.4. The van der Waals surface area contributed by atoms with Gasteiger partial charge in [-0.1, -0.05) is 13.8 Å². The van der Waals surface area contributed by atoms with Crippen LogP contribution in [0.2, 0.25) is 0 Å². The van der Waals surface area contributed by atoms with Gasteiger partial charge in [0, 0.05) is 5.92 Å². The van der Waals surface area contributed by atoms with E-state index in [4.69, 9.17) is 5.11 Å². The first-order valence-electron chi connectivity index (χ1n) is 3.75. The molecule has 0 bridgehead atoms. The summed E-state index contributed by atoms with van der Waals surface area (Å²) in [5.41, 5.74) is 0.0289. The van der Waals surface area contributed by atoms with Crippen LogP contribution in [0.25, 0.3) is 0 Å². The first-order valence-corrected chi connectivity index (χ1v) is 4.57. The van der Waals surface area contributed by atoms with Crippen molar-refractivity contribution in [3.05, 3.63) is 15.6 Å². The number of aromatic carboxylic acids is 1. The molecule has 1 aromatic rings. The maximum atomic E-state index is 10.6. The molecule has 0 atom stereocenters. The number of rotatable bonds is 3. The number of carboxylic acids is 1. The summed E-state index contributed by atoms with van der Waals surface area (Å²) >= 11 is 1.06. The fourth-order valence-electron chi connectivity index (χ4n) is 0.829. The second kappa shape index (κ2) is 3.66. The van der Waals surface area contributed by atoms with Gasteiger partial charge in [-0.05, 0) is 0 Å². The molecule has 1 aromatic heterocycles. The highest BCUT2D eigenvalue weighted by atomic mass is 32.1. The Balaban J connectivity index is 3.19. The smallest absolute Gasteiger partial charge is 0.348 e. The van der Waals surface area contributed by atoms with Crippen LogP contribution < -0.4 is 0 Å². The summed E-state index contributed by atoms with van der Waals surface area (Å²) in [7, 11) is 0. The lowest BCUT2D eigenvalue weighted by atomic mass is 10.2. The van der Waals surface area contributed by atoms with Crippen molar-refractivity contribution < 1.29 is 14.7 Å². The summed E-state index contributed by atoms with van der Waals surface area (Å²) in [5, 5.41) is 9.38. The maximum Gasteiger partial charge on any atom is 0.348 e. The minimum atomic E-state index is -1.09. The number of hydrogen-bond donors (Lipinski definition) is 1. The Bertz CT molecular complexity index is 343. The molecule has 5 heteroatoms. The summed E-state index contributed by atoms with van der Waals surface area (Å²) in [4.78, 5) is 25.0. The maximum absolute atomic E-state index is 10.6. The van der Waals surface area contributed by atoms with E-state index < -0.39 is 5.97 Å². The first-order chi connectivity index (χ1) is 6.06. The average Bonchev–Trinajstić information content (AvgIpc) is 2.47. The molecule has 0 aliphatic rings. The number of hydrogen-bond acceptors (Lipinski definition) is 4. The minimum Gasteiger partial charge on any atom is -0.477 e. The van der Waals surface area contributed by atoms with E-state index in [1.54, 1.807) is 0 Å². The van der Waals surface area contributed by atoms with Crippen molar-refractivity contribution in [1.82, 2.24) is 4.98 Å². The lowest BCUT2D eigenvalue weighted by Crippen LogP contribution is -1.97. The number of carbonyl (C=O) groups excluding carboxylic acids is 1. The highest BCUT2D eigenvalue weighted by molar-refractivity contribution is 7.14. The Morgan fingerprint density at radius 3 is 2.54 bits per heavy atom. The second-order valence-electron chi connectivity index (χ2n) is 2.84. The largest absolute Gasteiger partial charge is 0.477 e. The number of aromatic nitrogens is 1. The molecule has 0 radical (unpaired) electrons. The zero-order chi connectivity index (χ0) is 10.0. The number of nitrogens with zero attached hydrogens (tertiary/aromatic N) is 1. The summed E-state index contributed by atoms with van der Waals surface area (Å²) in [6.45, 7) is 3.80. The third-order valence-electron chi connectivity index (χ3n) is 1.47. The van der Waals surface area contributed by atoms with Gasteiger partial charge >= 0.3 is 5.97 Å². The standard InChI is InChI=1S/C8H9NO3S/c1-4(2)7-9-5(3-10)6(13-7)8(11)12/h3-4H,1-2H3,(H,11,12). The zero-order valence-electron chi connectivity index (χ0n) is 7.27. The molecule has 0 fully saturated rings. The van der Waals surface area contributed by atoms with Crippen LogP contribution in [0.15, 0.2) is 0 Å². The quantitative estimate of drug-likeness (QED) is 0.753. The van der Waals surface area contributed by atoms with E-state index >= 15 is 0 Å². The molecule has 70 valence electrons. The van der Waals surface area contributed by atoms with Crippen molar-refractivity contribution in [1.29, 1.82) is 0 Å². The van der Waals surface area contributed by atoms with E-state index in [0.29, 0.717) is 11.3 Å². The highest BCUT2D eigenvalue weighted by Crippen LogP contribution is 2.23. The molecule has 0 saturated carbocycles. The van der Waals surface area contributed by atoms with Crippen LogP contribution in [-0.2, 0) is 0 Å². The van der Waals surface area contributed by atoms with E-state index in [1.165, 1.54) is 0 Å². The van der Waals surface area contributed by atoms with Gasteiger partial charge in [0.05, 0.1) is 5.01 Å². The van der Waals surface area contributed by atoms with Crippen molar-refractivity contribution in [3.8, 4) is 0 Å². The Hall–Kier alpha value is -1.23. The highest BCUT2D eigenvalue weighted by Gasteiger charge is 2.17. The Morgan fingerprint density at radius 2 is 2.23 bits per heavy atom. The average molecular weight is 199 g/mol. The SMILES string of the molecule is CC(C)c1nc(C=O)c(C(=O)O)s1. The topological polar surface area (TPSA) is 67.3 Å². The van der Waals surface area contributed by atoms with Crippen LogP contribution in [0, 0.1) is 0 Å². The van der Waals surface area contributed by atoms with Crippen LogP contribution in [0.3, 0.4) is 0 Å². The predicted molar refractivity (Wildman–Crippen MR) is 48.5 cm³/mol. The van der Waals surface area contributed by atoms with Crippen molar-refractivity contribution in [3.63, 3.8) is 0 Å². The Labute approximate surface area is 79.2 Å². The number of thiazole rings is 1. The van der Waals surface area contributed by atoms with Crippen LogP contribution in [-0.4, -0.2) is 22.3 Å².